The predicted molar refractivity (Wildman–Crippen MR) is 94.9 cm³/mol. The van der Waals surface area contributed by atoms with Crippen molar-refractivity contribution in [2.45, 2.75) is 39.5 Å². The van der Waals surface area contributed by atoms with Gasteiger partial charge in [-0.3, -0.25) is 0 Å². The van der Waals surface area contributed by atoms with E-state index in [9.17, 15) is 4.79 Å². The number of ether oxygens (including phenoxy) is 4. The van der Waals surface area contributed by atoms with E-state index in [0.717, 1.165) is 31.2 Å². The molecule has 1 aromatic carbocycles. The maximum atomic E-state index is 12.0. The molecule has 0 spiro atoms. The van der Waals surface area contributed by atoms with Crippen molar-refractivity contribution >= 4 is 12.0 Å². The van der Waals surface area contributed by atoms with Crippen molar-refractivity contribution in [1.29, 1.82) is 0 Å². The van der Waals surface area contributed by atoms with Crippen LogP contribution >= 0.6 is 0 Å². The molecule has 0 N–H and O–H groups in total. The Labute approximate surface area is 144 Å². The maximum absolute atomic E-state index is 12.0. The van der Waals surface area contributed by atoms with Gasteiger partial charge in [-0.05, 0) is 37.1 Å². The number of carbonyl (C=O) groups is 1. The van der Waals surface area contributed by atoms with Crippen molar-refractivity contribution in [1.82, 2.24) is 0 Å². The number of carbonyl (C=O) groups excluding carboxylic acids is 1. The van der Waals surface area contributed by atoms with Crippen molar-refractivity contribution in [3.05, 3.63) is 23.3 Å². The largest absolute Gasteiger partial charge is 0.493 e. The molecule has 1 rings (SSSR count). The Morgan fingerprint density at radius 1 is 1.00 bits per heavy atom. The highest BCUT2D eigenvalue weighted by Gasteiger charge is 2.13. The molecule has 0 bridgehead atoms. The Balaban J connectivity index is 2.81. The van der Waals surface area contributed by atoms with Crippen LogP contribution in [0.3, 0.4) is 0 Å². The molecule has 0 aliphatic rings. The van der Waals surface area contributed by atoms with Crippen LogP contribution in [0.2, 0.25) is 0 Å². The average molecular weight is 336 g/mol. The minimum atomic E-state index is -0.305. The third kappa shape index (κ3) is 5.80. The summed E-state index contributed by atoms with van der Waals surface area (Å²) in [7, 11) is 4.67. The van der Waals surface area contributed by atoms with E-state index in [1.165, 1.54) is 0 Å². The Kier molecular flexibility index (Phi) is 8.76. The van der Waals surface area contributed by atoms with Crippen LogP contribution in [0.1, 0.15) is 45.1 Å². The molecule has 0 saturated heterocycles. The number of rotatable bonds is 10. The van der Waals surface area contributed by atoms with E-state index in [1.54, 1.807) is 46.5 Å². The van der Waals surface area contributed by atoms with Crippen LogP contribution in [0.15, 0.2) is 17.7 Å². The summed E-state index contributed by atoms with van der Waals surface area (Å²) < 4.78 is 21.2. The molecule has 0 aromatic heterocycles. The molecule has 134 valence electrons. The van der Waals surface area contributed by atoms with Crippen molar-refractivity contribution in [3.8, 4) is 17.2 Å². The minimum Gasteiger partial charge on any atom is -0.493 e. The van der Waals surface area contributed by atoms with Gasteiger partial charge in [0.15, 0.2) is 11.5 Å². The monoisotopic (exact) mass is 336 g/mol. The van der Waals surface area contributed by atoms with E-state index >= 15 is 0 Å². The molecule has 0 aliphatic carbocycles. The van der Waals surface area contributed by atoms with Crippen molar-refractivity contribution in [2.75, 3.05) is 27.9 Å². The molecule has 0 heterocycles. The third-order valence-electron chi connectivity index (χ3n) is 3.62. The fourth-order valence-corrected chi connectivity index (χ4v) is 2.30. The van der Waals surface area contributed by atoms with Crippen LogP contribution in [0.5, 0.6) is 17.2 Å². The van der Waals surface area contributed by atoms with Gasteiger partial charge in [0.2, 0.25) is 5.75 Å². The molecule has 0 radical (unpaired) electrons. The van der Waals surface area contributed by atoms with Crippen LogP contribution in [-0.4, -0.2) is 33.9 Å². The second-order valence-corrected chi connectivity index (χ2v) is 5.48. The van der Waals surface area contributed by atoms with E-state index in [-0.39, 0.29) is 5.97 Å². The van der Waals surface area contributed by atoms with Gasteiger partial charge in [-0.1, -0.05) is 26.2 Å². The third-order valence-corrected chi connectivity index (χ3v) is 3.62. The van der Waals surface area contributed by atoms with Crippen LogP contribution in [-0.2, 0) is 9.53 Å². The highest BCUT2D eigenvalue weighted by Crippen LogP contribution is 2.38. The first kappa shape index (κ1) is 19.9. The van der Waals surface area contributed by atoms with Crippen molar-refractivity contribution in [2.24, 2.45) is 0 Å². The summed E-state index contributed by atoms with van der Waals surface area (Å²) in [5.41, 5.74) is 1.31. The molecule has 0 unspecified atom stereocenters. The van der Waals surface area contributed by atoms with Crippen LogP contribution in [0, 0.1) is 0 Å². The Morgan fingerprint density at radius 3 is 2.12 bits per heavy atom. The average Bonchev–Trinajstić information content (AvgIpc) is 2.60. The van der Waals surface area contributed by atoms with Gasteiger partial charge in [0.05, 0.1) is 27.9 Å². The molecular formula is C19H28O5. The smallest absolute Gasteiger partial charge is 0.333 e. The number of hydrogen-bond donors (Lipinski definition) is 0. The van der Waals surface area contributed by atoms with E-state index < -0.39 is 0 Å². The molecular weight excluding hydrogens is 308 g/mol. The lowest BCUT2D eigenvalue weighted by atomic mass is 10.1. The van der Waals surface area contributed by atoms with Gasteiger partial charge in [0.1, 0.15) is 0 Å². The van der Waals surface area contributed by atoms with Gasteiger partial charge in [0.25, 0.3) is 0 Å². The normalized spacial score (nSPS) is 11.1. The van der Waals surface area contributed by atoms with E-state index in [1.807, 2.05) is 0 Å². The molecule has 5 nitrogen and oxygen atoms in total. The summed E-state index contributed by atoms with van der Waals surface area (Å²) in [6, 6.07) is 3.58. The van der Waals surface area contributed by atoms with Crippen molar-refractivity contribution in [3.63, 3.8) is 0 Å². The second kappa shape index (κ2) is 10.6. The number of hydrogen-bond acceptors (Lipinski definition) is 5. The summed E-state index contributed by atoms with van der Waals surface area (Å²) in [5, 5.41) is 0. The zero-order chi connectivity index (χ0) is 17.9. The molecule has 0 fully saturated rings. The highest BCUT2D eigenvalue weighted by atomic mass is 16.5. The SMILES string of the molecule is CCCCCCOC(=O)/C(C)=C/c1cc(OC)c(OC)c(OC)c1. The zero-order valence-corrected chi connectivity index (χ0v) is 15.3. The number of methoxy groups -OCH3 is 3. The summed E-state index contributed by atoms with van der Waals surface area (Å²) in [5.74, 6) is 1.31. The van der Waals surface area contributed by atoms with E-state index in [2.05, 4.69) is 6.92 Å². The van der Waals surface area contributed by atoms with Gasteiger partial charge in [0, 0.05) is 5.57 Å². The first-order chi connectivity index (χ1) is 11.6. The predicted octanol–water partition coefficient (Wildman–Crippen LogP) is 4.24. The number of benzene rings is 1. The van der Waals surface area contributed by atoms with Gasteiger partial charge < -0.3 is 18.9 Å². The standard InChI is InChI=1S/C19H28O5/c1-6-7-8-9-10-24-19(20)14(2)11-15-12-16(21-3)18(23-5)17(13-15)22-4/h11-13H,6-10H2,1-5H3/b14-11+. The molecule has 0 atom stereocenters. The molecule has 1 aromatic rings. The first-order valence-electron chi connectivity index (χ1n) is 8.22. The minimum absolute atomic E-state index is 0.305. The van der Waals surface area contributed by atoms with Crippen LogP contribution in [0.25, 0.3) is 6.08 Å². The maximum Gasteiger partial charge on any atom is 0.333 e. The fraction of sp³-hybridized carbons (Fsp3) is 0.526. The highest BCUT2D eigenvalue weighted by molar-refractivity contribution is 5.93. The van der Waals surface area contributed by atoms with Crippen LogP contribution in [0.4, 0.5) is 0 Å². The summed E-state index contributed by atoms with van der Waals surface area (Å²) >= 11 is 0. The van der Waals surface area contributed by atoms with Gasteiger partial charge in [-0.15, -0.1) is 0 Å². The second-order valence-electron chi connectivity index (χ2n) is 5.48. The lowest BCUT2D eigenvalue weighted by Crippen LogP contribution is -2.07. The molecule has 0 amide bonds. The van der Waals surface area contributed by atoms with E-state index in [0.29, 0.717) is 29.4 Å². The van der Waals surface area contributed by atoms with Gasteiger partial charge >= 0.3 is 5.97 Å². The van der Waals surface area contributed by atoms with Gasteiger partial charge in [-0.25, -0.2) is 4.79 Å². The number of unbranched alkanes of at least 4 members (excludes halogenated alkanes) is 3. The molecule has 0 saturated carbocycles. The Morgan fingerprint density at radius 2 is 1.62 bits per heavy atom. The van der Waals surface area contributed by atoms with Crippen molar-refractivity contribution < 1.29 is 23.7 Å². The molecule has 5 heteroatoms. The van der Waals surface area contributed by atoms with Crippen LogP contribution < -0.4 is 14.2 Å². The summed E-state index contributed by atoms with van der Waals surface area (Å²) in [6.07, 6.45) is 6.06. The first-order valence-corrected chi connectivity index (χ1v) is 8.22. The summed E-state index contributed by atoms with van der Waals surface area (Å²) in [4.78, 5) is 12.0. The zero-order valence-electron chi connectivity index (χ0n) is 15.3. The quantitative estimate of drug-likeness (QED) is 0.363. The molecule has 24 heavy (non-hydrogen) atoms. The summed E-state index contributed by atoms with van der Waals surface area (Å²) in [6.45, 7) is 4.34. The Hall–Kier alpha value is -2.17. The number of esters is 1. The van der Waals surface area contributed by atoms with E-state index in [4.69, 9.17) is 18.9 Å². The lowest BCUT2D eigenvalue weighted by Gasteiger charge is -2.13. The molecule has 0 aliphatic heterocycles. The topological polar surface area (TPSA) is 54.0 Å². The fourth-order valence-electron chi connectivity index (χ4n) is 2.30. The lowest BCUT2D eigenvalue weighted by molar-refractivity contribution is -0.139. The van der Waals surface area contributed by atoms with Gasteiger partial charge in [-0.2, -0.15) is 0 Å². The Bertz CT molecular complexity index is 538.